The average molecular weight is 257 g/mol. The van der Waals surface area contributed by atoms with Gasteiger partial charge in [0.2, 0.25) is 0 Å². The van der Waals surface area contributed by atoms with Crippen molar-refractivity contribution in [3.63, 3.8) is 0 Å². The van der Waals surface area contributed by atoms with Crippen LogP contribution in [-0.4, -0.2) is 16.3 Å². The molecule has 2 amide bonds. The molecule has 3 rings (SSSR count). The summed E-state index contributed by atoms with van der Waals surface area (Å²) in [6, 6.07) is 12.5. The highest BCUT2D eigenvalue weighted by atomic mass is 16.6. The number of nitrogens with one attached hydrogen (secondary N) is 1. The zero-order valence-electron chi connectivity index (χ0n) is 9.82. The number of hydrazine groups is 1. The van der Waals surface area contributed by atoms with Gasteiger partial charge in [0.15, 0.2) is 0 Å². The zero-order valence-corrected chi connectivity index (χ0v) is 9.82. The number of para-hydroxylation sites is 4. The number of amides is 2. The number of phenols is 1. The van der Waals surface area contributed by atoms with E-state index in [0.29, 0.717) is 16.5 Å². The Kier molecular flexibility index (Phi) is 2.50. The van der Waals surface area contributed by atoms with Crippen LogP contribution in [0.5, 0.6) is 5.75 Å². The van der Waals surface area contributed by atoms with Crippen molar-refractivity contribution in [1.82, 2.24) is 0 Å². The second-order valence-corrected chi connectivity index (χ2v) is 4.04. The predicted octanol–water partition coefficient (Wildman–Crippen LogP) is 2.55. The molecule has 0 saturated carbocycles. The molecule has 1 aliphatic rings. The summed E-state index contributed by atoms with van der Waals surface area (Å²) >= 11 is 0. The van der Waals surface area contributed by atoms with E-state index in [1.807, 2.05) is 0 Å². The fourth-order valence-electron chi connectivity index (χ4n) is 1.97. The molecule has 0 bridgehead atoms. The molecule has 1 aliphatic heterocycles. The van der Waals surface area contributed by atoms with Gasteiger partial charge in [0.25, 0.3) is 0 Å². The molecule has 0 aromatic heterocycles. The highest BCUT2D eigenvalue weighted by molar-refractivity contribution is 6.09. The van der Waals surface area contributed by atoms with Crippen LogP contribution in [0.1, 0.15) is 0 Å². The Balaban J connectivity index is 2.10. The molecule has 0 saturated heterocycles. The van der Waals surface area contributed by atoms with Crippen molar-refractivity contribution >= 4 is 23.1 Å². The number of anilines is 3. The summed E-state index contributed by atoms with van der Waals surface area (Å²) in [6.07, 6.45) is 0. The Morgan fingerprint density at radius 3 is 2.32 bits per heavy atom. The van der Waals surface area contributed by atoms with Crippen molar-refractivity contribution in [2.24, 2.45) is 0 Å². The van der Waals surface area contributed by atoms with Crippen LogP contribution in [0.3, 0.4) is 0 Å². The molecule has 0 spiro atoms. The number of carbonyl (C=O) groups excluding carboxylic acids is 1. The van der Waals surface area contributed by atoms with Crippen LogP contribution >= 0.6 is 0 Å². The van der Waals surface area contributed by atoms with Gasteiger partial charge in [0.1, 0.15) is 17.1 Å². The average Bonchev–Trinajstić information content (AvgIpc) is 2.41. The first kappa shape index (κ1) is 11.4. The maximum Gasteiger partial charge on any atom is 0.347 e. The van der Waals surface area contributed by atoms with Crippen molar-refractivity contribution in [2.75, 3.05) is 15.5 Å². The van der Waals surface area contributed by atoms with Crippen molar-refractivity contribution in [2.45, 2.75) is 0 Å². The summed E-state index contributed by atoms with van der Waals surface area (Å²) in [5.41, 5.74) is 1.11. The monoisotopic (exact) mass is 257 g/mol. The Morgan fingerprint density at radius 1 is 0.947 bits per heavy atom. The third kappa shape index (κ3) is 1.74. The normalized spacial score (nSPS) is 14.1. The maximum absolute atomic E-state index is 12.0. The molecule has 19 heavy (non-hydrogen) atoms. The van der Waals surface area contributed by atoms with Crippen LogP contribution in [0.25, 0.3) is 0 Å². The minimum Gasteiger partial charge on any atom is -0.506 e. The lowest BCUT2D eigenvalue weighted by Crippen LogP contribution is -2.51. The second-order valence-electron chi connectivity index (χ2n) is 4.04. The number of fused-ring (bicyclic) bond motifs is 1. The summed E-state index contributed by atoms with van der Waals surface area (Å²) in [6.45, 7) is 0. The summed E-state index contributed by atoms with van der Waals surface area (Å²) in [4.78, 5) is 12.0. The highest BCUT2D eigenvalue weighted by Gasteiger charge is 2.31. The van der Waals surface area contributed by atoms with E-state index in [1.54, 1.807) is 36.4 Å². The second kappa shape index (κ2) is 4.18. The van der Waals surface area contributed by atoms with Gasteiger partial charge in [-0.3, -0.25) is 5.21 Å². The Labute approximate surface area is 109 Å². The smallest absolute Gasteiger partial charge is 0.347 e. The molecule has 0 atom stereocenters. The number of hydrogen-bond acceptors (Lipinski definition) is 4. The lowest BCUT2D eigenvalue weighted by atomic mass is 10.2. The SMILES string of the molecule is O=C1Nc2ccccc2N(O)N1c1ccccc1O. The van der Waals surface area contributed by atoms with Crippen LogP contribution in [0.2, 0.25) is 0 Å². The van der Waals surface area contributed by atoms with Crippen molar-refractivity contribution in [3.05, 3.63) is 48.5 Å². The first-order valence-electron chi connectivity index (χ1n) is 5.65. The highest BCUT2D eigenvalue weighted by Crippen LogP contribution is 2.36. The first-order valence-corrected chi connectivity index (χ1v) is 5.65. The number of urea groups is 1. The summed E-state index contributed by atoms with van der Waals surface area (Å²) in [7, 11) is 0. The Bertz CT molecular complexity index is 645. The molecule has 2 aromatic carbocycles. The van der Waals surface area contributed by atoms with Gasteiger partial charge in [-0.1, -0.05) is 24.3 Å². The van der Waals surface area contributed by atoms with Gasteiger partial charge in [-0.25, -0.2) is 4.79 Å². The van der Waals surface area contributed by atoms with Crippen molar-refractivity contribution in [3.8, 4) is 5.75 Å². The summed E-state index contributed by atoms with van der Waals surface area (Å²) in [5, 5.41) is 24.3. The first-order chi connectivity index (χ1) is 9.18. The third-order valence-corrected chi connectivity index (χ3v) is 2.85. The number of phenolic OH excluding ortho intramolecular Hbond substituents is 1. The van der Waals surface area contributed by atoms with Gasteiger partial charge in [-0.05, 0) is 24.3 Å². The molecule has 0 aliphatic carbocycles. The maximum atomic E-state index is 12.0. The molecule has 6 heteroatoms. The fraction of sp³-hybridized carbons (Fsp3) is 0. The molecule has 2 aromatic rings. The van der Waals surface area contributed by atoms with Gasteiger partial charge >= 0.3 is 6.03 Å². The van der Waals surface area contributed by atoms with Crippen LogP contribution < -0.4 is 15.5 Å². The van der Waals surface area contributed by atoms with E-state index >= 15 is 0 Å². The largest absolute Gasteiger partial charge is 0.506 e. The van der Waals surface area contributed by atoms with E-state index < -0.39 is 6.03 Å². The van der Waals surface area contributed by atoms with E-state index in [-0.39, 0.29) is 11.4 Å². The van der Waals surface area contributed by atoms with Gasteiger partial charge in [-0.2, -0.15) is 10.2 Å². The number of rotatable bonds is 1. The topological polar surface area (TPSA) is 76.0 Å². The summed E-state index contributed by atoms with van der Waals surface area (Å²) in [5.74, 6) is -0.101. The van der Waals surface area contributed by atoms with E-state index in [9.17, 15) is 15.1 Å². The number of carbonyl (C=O) groups is 1. The van der Waals surface area contributed by atoms with Crippen molar-refractivity contribution in [1.29, 1.82) is 0 Å². The van der Waals surface area contributed by atoms with Gasteiger partial charge < -0.3 is 10.4 Å². The molecule has 1 heterocycles. The number of benzene rings is 2. The minimum absolute atomic E-state index is 0.101. The van der Waals surface area contributed by atoms with Crippen LogP contribution in [-0.2, 0) is 0 Å². The third-order valence-electron chi connectivity index (χ3n) is 2.85. The van der Waals surface area contributed by atoms with E-state index in [0.717, 1.165) is 5.01 Å². The fourth-order valence-corrected chi connectivity index (χ4v) is 1.97. The molecule has 0 fully saturated rings. The van der Waals surface area contributed by atoms with Gasteiger partial charge in [0, 0.05) is 0 Å². The van der Waals surface area contributed by atoms with Crippen molar-refractivity contribution < 1.29 is 15.1 Å². The Hall–Kier alpha value is -2.73. The van der Waals surface area contributed by atoms with Gasteiger partial charge in [0.05, 0.1) is 5.69 Å². The van der Waals surface area contributed by atoms with Gasteiger partial charge in [-0.15, -0.1) is 0 Å². The van der Waals surface area contributed by atoms with E-state index in [1.165, 1.54) is 12.1 Å². The lowest BCUT2D eigenvalue weighted by Gasteiger charge is -2.36. The minimum atomic E-state index is -0.553. The molecule has 0 radical (unpaired) electrons. The molecule has 6 nitrogen and oxygen atoms in total. The molecular weight excluding hydrogens is 246 g/mol. The number of nitrogens with zero attached hydrogens (tertiary/aromatic N) is 2. The molecular formula is C13H11N3O3. The Morgan fingerprint density at radius 2 is 1.58 bits per heavy atom. The molecule has 3 N–H and O–H groups in total. The quantitative estimate of drug-likeness (QED) is 0.733. The number of hydrogen-bond donors (Lipinski definition) is 3. The van der Waals surface area contributed by atoms with Crippen LogP contribution in [0.15, 0.2) is 48.5 Å². The number of aromatic hydroxyl groups is 1. The van der Waals surface area contributed by atoms with Crippen LogP contribution in [0.4, 0.5) is 21.9 Å². The molecule has 0 unspecified atom stereocenters. The summed E-state index contributed by atoms with van der Waals surface area (Å²) < 4.78 is 0. The lowest BCUT2D eigenvalue weighted by molar-refractivity contribution is 0.220. The molecule has 96 valence electrons. The van der Waals surface area contributed by atoms with E-state index in [4.69, 9.17) is 0 Å². The zero-order chi connectivity index (χ0) is 13.4. The predicted molar refractivity (Wildman–Crippen MR) is 70.3 cm³/mol. The van der Waals surface area contributed by atoms with E-state index in [2.05, 4.69) is 5.32 Å². The standard InChI is InChI=1S/C13H11N3O3/c17-12-8-4-3-7-11(12)15-13(18)14-9-5-1-2-6-10(9)16(15)19/h1-8,17,19H,(H,14,18). The van der Waals surface area contributed by atoms with Crippen LogP contribution in [0, 0.1) is 0 Å².